The highest BCUT2D eigenvalue weighted by molar-refractivity contribution is 7.89. The molecule has 2 aromatic rings. The molecule has 1 aromatic carbocycles. The fraction of sp³-hybridized carbons (Fsp3) is 0.444. The fourth-order valence-corrected chi connectivity index (χ4v) is 4.14. The Bertz CT molecular complexity index is 882. The summed E-state index contributed by atoms with van der Waals surface area (Å²) in [5, 5.41) is 2.39. The van der Waals surface area contributed by atoms with Crippen LogP contribution in [0.2, 0.25) is 0 Å². The van der Waals surface area contributed by atoms with E-state index >= 15 is 0 Å². The summed E-state index contributed by atoms with van der Waals surface area (Å²) in [7, 11) is -3.73. The van der Waals surface area contributed by atoms with Gasteiger partial charge in [0.1, 0.15) is 6.10 Å². The van der Waals surface area contributed by atoms with E-state index in [2.05, 4.69) is 30.5 Å². The largest absolute Gasteiger partial charge is 0.463 e. The van der Waals surface area contributed by atoms with Gasteiger partial charge in [-0.15, -0.1) is 0 Å². The zero-order chi connectivity index (χ0) is 19.7. The number of benzene rings is 1. The highest BCUT2D eigenvalue weighted by atomic mass is 32.2. The van der Waals surface area contributed by atoms with E-state index in [-0.39, 0.29) is 28.9 Å². The van der Waals surface area contributed by atoms with Crippen molar-refractivity contribution < 1.29 is 17.9 Å². The van der Waals surface area contributed by atoms with Crippen molar-refractivity contribution in [1.29, 1.82) is 0 Å². The van der Waals surface area contributed by atoms with Crippen LogP contribution in [0.1, 0.15) is 26.3 Å². The molecule has 1 aromatic heterocycles. The first-order chi connectivity index (χ1) is 12.6. The molecule has 1 saturated heterocycles. The van der Waals surface area contributed by atoms with Gasteiger partial charge in [0.15, 0.2) is 0 Å². The summed E-state index contributed by atoms with van der Waals surface area (Å²) in [6, 6.07) is 6.72. The Labute approximate surface area is 163 Å². The first kappa shape index (κ1) is 19.8. The molecule has 0 radical (unpaired) electrons. The molecule has 7 nitrogen and oxygen atoms in total. The van der Waals surface area contributed by atoms with Crippen molar-refractivity contribution in [3.63, 3.8) is 0 Å². The second-order valence-electron chi connectivity index (χ2n) is 7.44. The van der Waals surface area contributed by atoms with Gasteiger partial charge in [0.2, 0.25) is 15.9 Å². The van der Waals surface area contributed by atoms with Crippen LogP contribution in [0.5, 0.6) is 5.19 Å². The van der Waals surface area contributed by atoms with Crippen LogP contribution in [0.15, 0.2) is 40.7 Å². The number of rotatable bonds is 6. The van der Waals surface area contributed by atoms with Crippen LogP contribution in [-0.2, 0) is 20.2 Å². The van der Waals surface area contributed by atoms with E-state index in [9.17, 15) is 13.2 Å². The summed E-state index contributed by atoms with van der Waals surface area (Å²) in [6.45, 7) is 6.78. The van der Waals surface area contributed by atoms with E-state index < -0.39 is 10.0 Å². The highest BCUT2D eigenvalue weighted by Gasteiger charge is 2.33. The minimum absolute atomic E-state index is 0.0551. The molecule has 2 heterocycles. The lowest BCUT2D eigenvalue weighted by atomic mass is 9.87. The summed E-state index contributed by atoms with van der Waals surface area (Å²) in [5.74, 6) is -0.274. The topological polar surface area (TPSA) is 88.6 Å². The molecule has 9 heteroatoms. The molecule has 3 rings (SSSR count). The summed E-state index contributed by atoms with van der Waals surface area (Å²) >= 11 is 1.40. The van der Waals surface area contributed by atoms with Gasteiger partial charge in [-0.1, -0.05) is 44.2 Å². The Balaban J connectivity index is 1.49. The molecule has 0 spiro atoms. The van der Waals surface area contributed by atoms with E-state index in [0.717, 1.165) is 5.56 Å². The maximum Gasteiger partial charge on any atom is 0.273 e. The van der Waals surface area contributed by atoms with E-state index in [1.165, 1.54) is 11.3 Å². The molecule has 1 N–H and O–H groups in total. The first-order valence-electron chi connectivity index (χ1n) is 8.59. The summed E-state index contributed by atoms with van der Waals surface area (Å²) in [6.07, 6.45) is 1.56. The average Bonchev–Trinajstić information content (AvgIpc) is 3.08. The monoisotopic (exact) mass is 409 g/mol. The smallest absolute Gasteiger partial charge is 0.273 e. The van der Waals surface area contributed by atoms with Crippen molar-refractivity contribution in [3.05, 3.63) is 41.4 Å². The van der Waals surface area contributed by atoms with Crippen LogP contribution in [-0.4, -0.2) is 49.9 Å². The number of sulfonamides is 1. The second-order valence-corrected chi connectivity index (χ2v) is 10.1. The fourth-order valence-electron chi connectivity index (χ4n) is 2.61. The predicted octanol–water partition coefficient (Wildman–Crippen LogP) is 2.01. The third-order valence-corrected chi connectivity index (χ3v) is 6.40. The number of nitrogens with one attached hydrogen (secondary N) is 1. The van der Waals surface area contributed by atoms with Gasteiger partial charge < -0.3 is 9.64 Å². The number of thiazole rings is 1. The summed E-state index contributed by atoms with van der Waals surface area (Å²) < 4.78 is 32.7. The number of aromatic nitrogens is 1. The molecule has 0 saturated carbocycles. The minimum atomic E-state index is -3.73. The Kier molecular flexibility index (Phi) is 5.55. The predicted molar refractivity (Wildman–Crippen MR) is 103 cm³/mol. The Morgan fingerprint density at radius 3 is 2.52 bits per heavy atom. The lowest BCUT2D eigenvalue weighted by Gasteiger charge is -2.38. The standard InChI is InChI=1S/C18H23N3O4S2/c1-18(2,3)13-4-6-15(7-5-13)27(23,24)20-10-16(22)21-11-14(12-21)25-17-19-8-9-26-17/h4-9,14,20H,10-12H2,1-3H3. The van der Waals surface area contributed by atoms with Gasteiger partial charge in [0.05, 0.1) is 24.5 Å². The van der Waals surface area contributed by atoms with E-state index in [0.29, 0.717) is 18.3 Å². The number of carbonyl (C=O) groups excluding carboxylic acids is 1. The van der Waals surface area contributed by atoms with Crippen LogP contribution in [0, 0.1) is 0 Å². The van der Waals surface area contributed by atoms with Gasteiger partial charge in [-0.2, -0.15) is 0 Å². The quantitative estimate of drug-likeness (QED) is 0.788. The minimum Gasteiger partial charge on any atom is -0.463 e. The number of hydrogen-bond donors (Lipinski definition) is 1. The molecule has 1 aliphatic rings. The van der Waals surface area contributed by atoms with Gasteiger partial charge in [-0.25, -0.2) is 18.1 Å². The number of carbonyl (C=O) groups is 1. The van der Waals surface area contributed by atoms with Gasteiger partial charge in [0.25, 0.3) is 5.19 Å². The van der Waals surface area contributed by atoms with Crippen LogP contribution in [0.4, 0.5) is 0 Å². The molecular weight excluding hydrogens is 386 g/mol. The van der Waals surface area contributed by atoms with Crippen molar-refractivity contribution in [2.24, 2.45) is 0 Å². The second kappa shape index (κ2) is 7.57. The number of hydrogen-bond acceptors (Lipinski definition) is 6. The molecule has 0 aliphatic carbocycles. The zero-order valence-corrected chi connectivity index (χ0v) is 17.1. The molecular formula is C18H23N3O4S2. The number of likely N-dealkylation sites (tertiary alicyclic amines) is 1. The third kappa shape index (κ3) is 4.85. The number of ether oxygens (including phenoxy) is 1. The molecule has 1 amide bonds. The number of nitrogens with zero attached hydrogens (tertiary/aromatic N) is 2. The lowest BCUT2D eigenvalue weighted by molar-refractivity contribution is -0.138. The molecule has 1 aliphatic heterocycles. The Hall–Kier alpha value is -1.97. The summed E-state index contributed by atoms with van der Waals surface area (Å²) in [4.78, 5) is 17.9. The zero-order valence-electron chi connectivity index (χ0n) is 15.5. The average molecular weight is 410 g/mol. The molecule has 0 atom stereocenters. The van der Waals surface area contributed by atoms with Gasteiger partial charge in [-0.3, -0.25) is 4.79 Å². The molecule has 146 valence electrons. The normalized spacial score (nSPS) is 15.4. The van der Waals surface area contributed by atoms with Crippen molar-refractivity contribution in [2.75, 3.05) is 19.6 Å². The number of amides is 1. The SMILES string of the molecule is CC(C)(C)c1ccc(S(=O)(=O)NCC(=O)N2CC(Oc3nccs3)C2)cc1. The van der Waals surface area contributed by atoms with E-state index in [4.69, 9.17) is 4.74 Å². The van der Waals surface area contributed by atoms with Gasteiger partial charge in [0, 0.05) is 11.6 Å². The van der Waals surface area contributed by atoms with Crippen molar-refractivity contribution >= 4 is 27.3 Å². The maximum absolute atomic E-state index is 12.4. The van der Waals surface area contributed by atoms with Crippen molar-refractivity contribution in [1.82, 2.24) is 14.6 Å². The Morgan fingerprint density at radius 1 is 1.30 bits per heavy atom. The van der Waals surface area contributed by atoms with Crippen molar-refractivity contribution in [2.45, 2.75) is 37.2 Å². The summed E-state index contributed by atoms with van der Waals surface area (Å²) in [5.41, 5.74) is 0.991. The first-order valence-corrected chi connectivity index (χ1v) is 11.0. The third-order valence-electron chi connectivity index (χ3n) is 4.32. The molecule has 1 fully saturated rings. The van der Waals surface area contributed by atoms with Crippen LogP contribution in [0.25, 0.3) is 0 Å². The highest BCUT2D eigenvalue weighted by Crippen LogP contribution is 2.23. The van der Waals surface area contributed by atoms with E-state index in [1.54, 1.807) is 35.4 Å². The lowest BCUT2D eigenvalue weighted by Crippen LogP contribution is -2.58. The van der Waals surface area contributed by atoms with Crippen molar-refractivity contribution in [3.8, 4) is 5.19 Å². The van der Waals surface area contributed by atoms with Crippen LogP contribution < -0.4 is 9.46 Å². The molecule has 27 heavy (non-hydrogen) atoms. The Morgan fingerprint density at radius 2 is 1.96 bits per heavy atom. The van der Waals surface area contributed by atoms with Gasteiger partial charge >= 0.3 is 0 Å². The van der Waals surface area contributed by atoms with E-state index in [1.807, 2.05) is 5.38 Å². The molecule has 0 unspecified atom stereocenters. The van der Waals surface area contributed by atoms with Gasteiger partial charge in [-0.05, 0) is 23.1 Å². The maximum atomic E-state index is 12.4. The molecule has 0 bridgehead atoms. The van der Waals surface area contributed by atoms with Crippen LogP contribution >= 0.6 is 11.3 Å². The van der Waals surface area contributed by atoms with Crippen LogP contribution in [0.3, 0.4) is 0 Å².